The summed E-state index contributed by atoms with van der Waals surface area (Å²) in [6, 6.07) is 4.40. The fourth-order valence-electron chi connectivity index (χ4n) is 1.64. The highest BCUT2D eigenvalue weighted by molar-refractivity contribution is 7.89. The zero-order chi connectivity index (χ0) is 15.5. The summed E-state index contributed by atoms with van der Waals surface area (Å²) in [4.78, 5) is 7.62. The first kappa shape index (κ1) is 16.1. The van der Waals surface area contributed by atoms with Crippen LogP contribution in [0.1, 0.15) is 11.3 Å². The zero-order valence-corrected chi connectivity index (χ0v) is 13.1. The molecule has 0 aliphatic carbocycles. The highest BCUT2D eigenvalue weighted by Crippen LogP contribution is 2.30. The van der Waals surface area contributed by atoms with E-state index in [-0.39, 0.29) is 23.0 Å². The molecule has 0 fully saturated rings. The quantitative estimate of drug-likeness (QED) is 0.858. The molecule has 0 aliphatic rings. The van der Waals surface area contributed by atoms with Crippen molar-refractivity contribution in [2.45, 2.75) is 18.0 Å². The Hall–Kier alpha value is -1.25. The Balaban J connectivity index is 2.28. The molecule has 0 radical (unpaired) electrons. The maximum absolute atomic E-state index is 12.3. The first-order valence-corrected chi connectivity index (χ1v) is 8.11. The van der Waals surface area contributed by atoms with E-state index < -0.39 is 10.0 Å². The number of halogens is 2. The van der Waals surface area contributed by atoms with Crippen LogP contribution >= 0.6 is 23.2 Å². The Labute approximate surface area is 132 Å². The predicted molar refractivity (Wildman–Crippen MR) is 80.4 cm³/mol. The molecule has 0 amide bonds. The average molecular weight is 347 g/mol. The molecule has 0 saturated heterocycles. The van der Waals surface area contributed by atoms with Crippen LogP contribution in [0.5, 0.6) is 0 Å². The van der Waals surface area contributed by atoms with E-state index in [0.29, 0.717) is 16.3 Å². The van der Waals surface area contributed by atoms with Gasteiger partial charge in [-0.05, 0) is 18.2 Å². The maximum atomic E-state index is 12.3. The summed E-state index contributed by atoms with van der Waals surface area (Å²) in [7, 11) is -3.80. The number of rotatable bonds is 5. The third-order valence-corrected chi connectivity index (χ3v) is 5.07. The molecule has 2 rings (SSSR count). The Morgan fingerprint density at radius 1 is 1.24 bits per heavy atom. The van der Waals surface area contributed by atoms with Gasteiger partial charge in [0.1, 0.15) is 11.2 Å². The second kappa shape index (κ2) is 6.67. The third kappa shape index (κ3) is 3.69. The van der Waals surface area contributed by atoms with Crippen molar-refractivity contribution in [2.24, 2.45) is 5.73 Å². The molecule has 3 N–H and O–H groups in total. The number of hydrogen-bond acceptors (Lipinski definition) is 5. The molecule has 0 saturated carbocycles. The van der Waals surface area contributed by atoms with Gasteiger partial charge in [0.2, 0.25) is 10.0 Å². The Bertz CT molecular complexity index is 738. The summed E-state index contributed by atoms with van der Waals surface area (Å²) in [5.41, 5.74) is 6.46. The third-order valence-electron chi connectivity index (χ3n) is 2.73. The lowest BCUT2D eigenvalue weighted by molar-refractivity contribution is 0.580. The molecule has 9 heteroatoms. The SMILES string of the molecule is NCc1c(Cl)ccc(S(=O)(=O)NCc2ccncn2)c1Cl. The molecule has 0 aliphatic heterocycles. The molecule has 0 bridgehead atoms. The topological polar surface area (TPSA) is 98.0 Å². The average Bonchev–Trinajstić information content (AvgIpc) is 2.46. The minimum atomic E-state index is -3.80. The summed E-state index contributed by atoms with van der Waals surface area (Å²) in [6.45, 7) is 0.0781. The van der Waals surface area contributed by atoms with E-state index in [2.05, 4.69) is 14.7 Å². The number of aromatic nitrogens is 2. The molecule has 0 atom stereocenters. The molecule has 1 aromatic carbocycles. The molecule has 1 heterocycles. The molecule has 1 aromatic heterocycles. The van der Waals surface area contributed by atoms with Crippen LogP contribution in [0.25, 0.3) is 0 Å². The van der Waals surface area contributed by atoms with E-state index >= 15 is 0 Å². The maximum Gasteiger partial charge on any atom is 0.242 e. The normalized spacial score (nSPS) is 11.6. The van der Waals surface area contributed by atoms with Gasteiger partial charge in [0.15, 0.2) is 0 Å². The number of nitrogens with one attached hydrogen (secondary N) is 1. The van der Waals surface area contributed by atoms with Crippen LogP contribution in [0.4, 0.5) is 0 Å². The van der Waals surface area contributed by atoms with Gasteiger partial charge in [0.05, 0.1) is 17.3 Å². The molecule has 0 spiro atoms. The fourth-order valence-corrected chi connectivity index (χ4v) is 3.57. The number of benzene rings is 1. The molecule has 21 heavy (non-hydrogen) atoms. The fraction of sp³-hybridized carbons (Fsp3) is 0.167. The van der Waals surface area contributed by atoms with Gasteiger partial charge in [-0.1, -0.05) is 23.2 Å². The van der Waals surface area contributed by atoms with Crippen molar-refractivity contribution < 1.29 is 8.42 Å². The van der Waals surface area contributed by atoms with Gasteiger partial charge in [-0.2, -0.15) is 0 Å². The summed E-state index contributed by atoms with van der Waals surface area (Å²) in [6.07, 6.45) is 2.86. The van der Waals surface area contributed by atoms with E-state index in [1.807, 2.05) is 0 Å². The predicted octanol–water partition coefficient (Wildman–Crippen LogP) is 1.72. The molecule has 112 valence electrons. The van der Waals surface area contributed by atoms with Crippen molar-refractivity contribution >= 4 is 33.2 Å². The molecule has 6 nitrogen and oxygen atoms in total. The van der Waals surface area contributed by atoms with Crippen LogP contribution in [0, 0.1) is 0 Å². The largest absolute Gasteiger partial charge is 0.326 e. The first-order chi connectivity index (χ1) is 9.95. The molecule has 2 aromatic rings. The van der Waals surface area contributed by atoms with Crippen LogP contribution in [-0.4, -0.2) is 18.4 Å². The lowest BCUT2D eigenvalue weighted by Gasteiger charge is -2.11. The number of nitrogens with zero attached hydrogens (tertiary/aromatic N) is 2. The smallest absolute Gasteiger partial charge is 0.242 e. The van der Waals surface area contributed by atoms with Crippen molar-refractivity contribution in [1.29, 1.82) is 0 Å². The van der Waals surface area contributed by atoms with Gasteiger partial charge in [0.25, 0.3) is 0 Å². The van der Waals surface area contributed by atoms with E-state index in [0.717, 1.165) is 0 Å². The lowest BCUT2D eigenvalue weighted by atomic mass is 10.2. The summed E-state index contributed by atoms with van der Waals surface area (Å²) in [5, 5.41) is 0.359. The van der Waals surface area contributed by atoms with Crippen LogP contribution in [0.3, 0.4) is 0 Å². The van der Waals surface area contributed by atoms with E-state index in [1.165, 1.54) is 24.7 Å². The van der Waals surface area contributed by atoms with Gasteiger partial charge < -0.3 is 5.73 Å². The summed E-state index contributed by atoms with van der Waals surface area (Å²) < 4.78 is 27.0. The Morgan fingerprint density at radius 2 is 2.00 bits per heavy atom. The first-order valence-electron chi connectivity index (χ1n) is 5.87. The molecular weight excluding hydrogens is 335 g/mol. The van der Waals surface area contributed by atoms with Gasteiger partial charge >= 0.3 is 0 Å². The molecular formula is C12H12Cl2N4O2S. The van der Waals surface area contributed by atoms with Crippen molar-refractivity contribution in [1.82, 2.24) is 14.7 Å². The summed E-state index contributed by atoms with van der Waals surface area (Å²) in [5.74, 6) is 0. The van der Waals surface area contributed by atoms with Crippen molar-refractivity contribution in [3.8, 4) is 0 Å². The summed E-state index contributed by atoms with van der Waals surface area (Å²) >= 11 is 12.0. The van der Waals surface area contributed by atoms with Gasteiger partial charge in [-0.25, -0.2) is 23.1 Å². The van der Waals surface area contributed by atoms with E-state index in [9.17, 15) is 8.42 Å². The van der Waals surface area contributed by atoms with Crippen LogP contribution < -0.4 is 10.5 Å². The van der Waals surface area contributed by atoms with Gasteiger partial charge in [0, 0.05) is 23.3 Å². The van der Waals surface area contributed by atoms with Gasteiger partial charge in [-0.3, -0.25) is 0 Å². The minimum absolute atomic E-state index is 0.0280. The standard InChI is InChI=1S/C12H12Cl2N4O2S/c13-10-1-2-11(12(14)9(10)5-15)21(19,20)18-6-8-3-4-16-7-17-8/h1-4,7,18H,5-6,15H2. The highest BCUT2D eigenvalue weighted by atomic mass is 35.5. The zero-order valence-electron chi connectivity index (χ0n) is 10.8. The second-order valence-corrected chi connectivity index (χ2v) is 6.59. The van der Waals surface area contributed by atoms with E-state index in [4.69, 9.17) is 28.9 Å². The van der Waals surface area contributed by atoms with Gasteiger partial charge in [-0.15, -0.1) is 0 Å². The molecule has 0 unspecified atom stereocenters. The van der Waals surface area contributed by atoms with Crippen molar-refractivity contribution in [3.63, 3.8) is 0 Å². The second-order valence-electron chi connectivity index (χ2n) is 4.07. The Morgan fingerprint density at radius 3 is 2.62 bits per heavy atom. The Kier molecular flexibility index (Phi) is 5.13. The van der Waals surface area contributed by atoms with Crippen LogP contribution in [0.15, 0.2) is 35.6 Å². The number of nitrogens with two attached hydrogens (primary N) is 1. The lowest BCUT2D eigenvalue weighted by Crippen LogP contribution is -2.24. The van der Waals surface area contributed by atoms with E-state index in [1.54, 1.807) is 6.07 Å². The monoisotopic (exact) mass is 346 g/mol. The van der Waals surface area contributed by atoms with Crippen LogP contribution in [-0.2, 0) is 23.1 Å². The minimum Gasteiger partial charge on any atom is -0.326 e. The number of hydrogen-bond donors (Lipinski definition) is 2. The van der Waals surface area contributed by atoms with Crippen LogP contribution in [0.2, 0.25) is 10.0 Å². The van der Waals surface area contributed by atoms with Crippen molar-refractivity contribution in [2.75, 3.05) is 0 Å². The number of sulfonamides is 1. The highest BCUT2D eigenvalue weighted by Gasteiger charge is 2.21. The van der Waals surface area contributed by atoms with Crippen molar-refractivity contribution in [3.05, 3.63) is 52.0 Å².